The molecule has 5 nitrogen and oxygen atoms in total. The fourth-order valence-corrected chi connectivity index (χ4v) is 4.32. The van der Waals surface area contributed by atoms with E-state index in [0.717, 1.165) is 29.4 Å². The van der Waals surface area contributed by atoms with Crippen molar-refractivity contribution in [2.75, 3.05) is 0 Å². The lowest BCUT2D eigenvalue weighted by Gasteiger charge is -2.12. The summed E-state index contributed by atoms with van der Waals surface area (Å²) in [6.07, 6.45) is -4.42. The molecule has 0 radical (unpaired) electrons. The summed E-state index contributed by atoms with van der Waals surface area (Å²) in [6.45, 7) is 1.94. The van der Waals surface area contributed by atoms with Crippen LogP contribution in [0.15, 0.2) is 78.0 Å². The molecule has 0 saturated carbocycles. The molecule has 0 aliphatic heterocycles. The van der Waals surface area contributed by atoms with Gasteiger partial charge >= 0.3 is 6.18 Å². The average Bonchev–Trinajstić information content (AvgIpc) is 3.23. The summed E-state index contributed by atoms with van der Waals surface area (Å²) in [6, 6.07) is 18.0. The van der Waals surface area contributed by atoms with E-state index in [-0.39, 0.29) is 17.9 Å². The molecule has 0 fully saturated rings. The van der Waals surface area contributed by atoms with Crippen LogP contribution in [0.4, 0.5) is 17.6 Å². The second-order valence-corrected chi connectivity index (χ2v) is 8.70. The van der Waals surface area contributed by atoms with Gasteiger partial charge in [-0.2, -0.15) is 13.2 Å². The number of nitrogens with zero attached hydrogens (tertiary/aromatic N) is 3. The summed E-state index contributed by atoms with van der Waals surface area (Å²) < 4.78 is 54.4. The van der Waals surface area contributed by atoms with E-state index >= 15 is 0 Å². The number of amides is 1. The molecular weight excluding hydrogens is 480 g/mol. The van der Waals surface area contributed by atoms with Gasteiger partial charge in [-0.05, 0) is 54.4 Å². The molecule has 0 spiro atoms. The maximum Gasteiger partial charge on any atom is 0.416 e. The first-order chi connectivity index (χ1) is 16.7. The lowest BCUT2D eigenvalue weighted by molar-refractivity contribution is -0.137. The van der Waals surface area contributed by atoms with Crippen LogP contribution >= 0.6 is 11.8 Å². The molecule has 0 aliphatic rings. The third kappa shape index (κ3) is 6.07. The van der Waals surface area contributed by atoms with Gasteiger partial charge < -0.3 is 5.32 Å². The molecule has 4 rings (SSSR count). The van der Waals surface area contributed by atoms with Gasteiger partial charge in [-0.15, -0.1) is 10.2 Å². The number of halogens is 4. The summed E-state index contributed by atoms with van der Waals surface area (Å²) in [5, 5.41) is 11.6. The topological polar surface area (TPSA) is 59.8 Å². The van der Waals surface area contributed by atoms with E-state index in [1.165, 1.54) is 36.0 Å². The predicted octanol–water partition coefficient (Wildman–Crippen LogP) is 5.96. The molecule has 0 unspecified atom stereocenters. The van der Waals surface area contributed by atoms with Gasteiger partial charge in [0.2, 0.25) is 0 Å². The van der Waals surface area contributed by atoms with Gasteiger partial charge in [0.1, 0.15) is 5.82 Å². The third-order valence-electron chi connectivity index (χ3n) is 5.08. The Morgan fingerprint density at radius 1 is 1.00 bits per heavy atom. The molecule has 10 heteroatoms. The van der Waals surface area contributed by atoms with Gasteiger partial charge in [0, 0.05) is 17.0 Å². The van der Waals surface area contributed by atoms with E-state index in [2.05, 4.69) is 15.5 Å². The Balaban J connectivity index is 1.58. The zero-order valence-corrected chi connectivity index (χ0v) is 19.3. The molecule has 4 aromatic rings. The van der Waals surface area contributed by atoms with Gasteiger partial charge in [-0.1, -0.05) is 48.2 Å². The Morgan fingerprint density at radius 2 is 1.77 bits per heavy atom. The zero-order valence-electron chi connectivity index (χ0n) is 18.5. The molecule has 1 heterocycles. The number of carbonyl (C=O) groups is 1. The van der Waals surface area contributed by atoms with Crippen molar-refractivity contribution in [3.63, 3.8) is 0 Å². The average molecular weight is 501 g/mol. The highest BCUT2D eigenvalue weighted by Gasteiger charge is 2.30. The molecule has 35 heavy (non-hydrogen) atoms. The number of alkyl halides is 3. The lowest BCUT2D eigenvalue weighted by Crippen LogP contribution is -2.24. The smallest absolute Gasteiger partial charge is 0.345 e. The van der Waals surface area contributed by atoms with Crippen LogP contribution < -0.4 is 5.32 Å². The minimum atomic E-state index is -4.42. The normalized spacial score (nSPS) is 11.5. The second-order valence-electron chi connectivity index (χ2n) is 7.75. The van der Waals surface area contributed by atoms with E-state index in [9.17, 15) is 22.4 Å². The van der Waals surface area contributed by atoms with Crippen molar-refractivity contribution >= 4 is 17.7 Å². The summed E-state index contributed by atoms with van der Waals surface area (Å²) >= 11 is 1.23. The molecule has 180 valence electrons. The summed E-state index contributed by atoms with van der Waals surface area (Å²) in [4.78, 5) is 12.5. The second kappa shape index (κ2) is 10.3. The van der Waals surface area contributed by atoms with Gasteiger partial charge in [-0.3, -0.25) is 9.36 Å². The Labute approximate surface area is 203 Å². The van der Waals surface area contributed by atoms with E-state index in [1.54, 1.807) is 10.6 Å². The summed E-state index contributed by atoms with van der Waals surface area (Å²) in [5.41, 5.74) is 1.68. The Morgan fingerprint density at radius 3 is 2.51 bits per heavy atom. The van der Waals surface area contributed by atoms with Gasteiger partial charge in [0.15, 0.2) is 11.0 Å². The highest BCUT2D eigenvalue weighted by molar-refractivity contribution is 7.98. The molecule has 3 aromatic carbocycles. The number of benzene rings is 3. The van der Waals surface area contributed by atoms with Crippen LogP contribution in [0.5, 0.6) is 0 Å². The summed E-state index contributed by atoms with van der Waals surface area (Å²) in [7, 11) is 0. The predicted molar refractivity (Wildman–Crippen MR) is 125 cm³/mol. The van der Waals surface area contributed by atoms with E-state index in [0.29, 0.717) is 16.5 Å². The third-order valence-corrected chi connectivity index (χ3v) is 6.08. The Kier molecular flexibility index (Phi) is 7.20. The van der Waals surface area contributed by atoms with Crippen LogP contribution in [-0.2, 0) is 18.5 Å². The molecule has 0 atom stereocenters. The van der Waals surface area contributed by atoms with Crippen molar-refractivity contribution in [3.05, 3.63) is 107 Å². The molecule has 0 bridgehead atoms. The van der Waals surface area contributed by atoms with Crippen LogP contribution in [0.3, 0.4) is 0 Å². The number of nitrogens with one attached hydrogen (secondary N) is 1. The lowest BCUT2D eigenvalue weighted by atomic mass is 10.1. The molecular formula is C25H20F4N4OS. The quantitative estimate of drug-likeness (QED) is 0.251. The van der Waals surface area contributed by atoms with Crippen molar-refractivity contribution in [2.24, 2.45) is 0 Å². The maximum absolute atomic E-state index is 13.5. The highest BCUT2D eigenvalue weighted by atomic mass is 32.2. The van der Waals surface area contributed by atoms with E-state index < -0.39 is 23.5 Å². The largest absolute Gasteiger partial charge is 0.416 e. The van der Waals surface area contributed by atoms with Crippen LogP contribution in [0.1, 0.15) is 32.9 Å². The highest BCUT2D eigenvalue weighted by Crippen LogP contribution is 2.31. The van der Waals surface area contributed by atoms with Crippen molar-refractivity contribution < 1.29 is 22.4 Å². The fourth-order valence-electron chi connectivity index (χ4n) is 3.41. The van der Waals surface area contributed by atoms with Gasteiger partial charge in [0.25, 0.3) is 5.91 Å². The van der Waals surface area contributed by atoms with Crippen molar-refractivity contribution in [2.45, 2.75) is 30.6 Å². The molecule has 1 amide bonds. The van der Waals surface area contributed by atoms with Crippen LogP contribution in [0.2, 0.25) is 0 Å². The van der Waals surface area contributed by atoms with Crippen molar-refractivity contribution in [1.82, 2.24) is 20.1 Å². The maximum atomic E-state index is 13.5. The zero-order chi connectivity index (χ0) is 25.0. The number of aryl methyl sites for hydroxylation is 1. The Bertz CT molecular complexity index is 1350. The van der Waals surface area contributed by atoms with Gasteiger partial charge in [-0.25, -0.2) is 4.39 Å². The first-order valence-electron chi connectivity index (χ1n) is 10.5. The molecule has 1 aromatic heterocycles. The number of rotatable bonds is 7. The molecule has 0 saturated heterocycles. The number of aromatic nitrogens is 3. The van der Waals surface area contributed by atoms with Crippen molar-refractivity contribution in [3.8, 4) is 5.69 Å². The monoisotopic (exact) mass is 500 g/mol. The van der Waals surface area contributed by atoms with E-state index in [1.807, 2.05) is 31.2 Å². The number of hydrogen-bond donors (Lipinski definition) is 1. The fraction of sp³-hybridized carbons (Fsp3) is 0.160. The van der Waals surface area contributed by atoms with Crippen LogP contribution in [0, 0.1) is 12.7 Å². The SMILES string of the molecule is Cc1cccc(-n2c(CNC(=O)c3cccc(F)c3)nnc2SCc2cccc(C(F)(F)F)c2)c1. The number of thioether (sulfide) groups is 1. The first-order valence-corrected chi connectivity index (χ1v) is 11.5. The standard InChI is InChI=1S/C25H20F4N4OS/c1-16-5-2-10-21(11-16)33-22(14-30-23(34)18-7-4-9-20(26)13-18)31-32-24(33)35-15-17-6-3-8-19(12-17)25(27,28)29/h2-13H,14-15H2,1H3,(H,30,34). The number of carbonyl (C=O) groups excluding carboxylic acids is 1. The Hall–Kier alpha value is -3.66. The molecule has 0 aliphatic carbocycles. The summed E-state index contributed by atoms with van der Waals surface area (Å²) in [5.74, 6) is -0.328. The van der Waals surface area contributed by atoms with Crippen LogP contribution in [0.25, 0.3) is 5.69 Å². The minimum Gasteiger partial charge on any atom is -0.345 e. The van der Waals surface area contributed by atoms with Crippen molar-refractivity contribution in [1.29, 1.82) is 0 Å². The minimum absolute atomic E-state index is 0.0143. The van der Waals surface area contributed by atoms with Crippen LogP contribution in [-0.4, -0.2) is 20.7 Å². The number of hydrogen-bond acceptors (Lipinski definition) is 4. The molecule has 1 N–H and O–H groups in total. The van der Waals surface area contributed by atoms with E-state index in [4.69, 9.17) is 0 Å². The first kappa shape index (κ1) is 24.5. The van der Waals surface area contributed by atoms with Gasteiger partial charge in [0.05, 0.1) is 12.1 Å².